The molecule has 0 bridgehead atoms. The van der Waals surface area contributed by atoms with Gasteiger partial charge in [0.05, 0.1) is 6.10 Å². The van der Waals surface area contributed by atoms with Gasteiger partial charge in [-0.15, -0.1) is 0 Å². The van der Waals surface area contributed by atoms with Crippen LogP contribution in [-0.2, 0) is 0 Å². The van der Waals surface area contributed by atoms with Gasteiger partial charge in [0.1, 0.15) is 0 Å². The fraction of sp³-hybridized carbons (Fsp3) is 0.500. The van der Waals surface area contributed by atoms with Gasteiger partial charge in [-0.1, -0.05) is 0 Å². The molecular weight excluding hydrogens is 176 g/mol. The number of carbonyl (C=O) groups excluding carboxylic acids is 1. The largest absolute Gasteiger partial charge is 0.392 e. The number of carbonyl (C=O) groups is 1. The first-order chi connectivity index (χ1) is 6.11. The molecule has 4 N–H and O–H groups in total. The third-order valence-corrected chi connectivity index (χ3v) is 1.29. The second-order valence-corrected chi connectivity index (χ2v) is 2.56. The molecule has 0 aliphatic rings. The highest BCUT2D eigenvalue weighted by atomic mass is 16.6. The molecule has 1 amide bonds. The molecule has 7 nitrogen and oxygen atoms in total. The van der Waals surface area contributed by atoms with Crippen LogP contribution < -0.4 is 11.1 Å². The zero-order chi connectivity index (χ0) is 9.84. The van der Waals surface area contributed by atoms with Crippen LogP contribution in [-0.4, -0.2) is 34.0 Å². The summed E-state index contributed by atoms with van der Waals surface area (Å²) in [6.07, 6.45) is -0.620. The average Bonchev–Trinajstić information content (AvgIpc) is 2.47. The van der Waals surface area contributed by atoms with Crippen molar-refractivity contribution in [2.75, 3.05) is 12.3 Å². The second kappa shape index (κ2) is 3.85. The number of amides is 1. The number of nitrogens with one attached hydrogen (secondary N) is 1. The highest BCUT2D eigenvalue weighted by molar-refractivity contribution is 5.95. The van der Waals surface area contributed by atoms with Crippen LogP contribution in [0.25, 0.3) is 0 Å². The maximum absolute atomic E-state index is 11.2. The summed E-state index contributed by atoms with van der Waals surface area (Å²) in [5.41, 5.74) is 5.19. The summed E-state index contributed by atoms with van der Waals surface area (Å²) in [4.78, 5) is 11.2. The molecule has 1 atom stereocenters. The van der Waals surface area contributed by atoms with Crippen molar-refractivity contribution in [3.8, 4) is 0 Å². The molecule has 1 aromatic rings. The van der Waals surface area contributed by atoms with Crippen molar-refractivity contribution >= 4 is 11.7 Å². The summed E-state index contributed by atoms with van der Waals surface area (Å²) < 4.78 is 4.22. The van der Waals surface area contributed by atoms with E-state index >= 15 is 0 Å². The highest BCUT2D eigenvalue weighted by Crippen LogP contribution is 2.02. The lowest BCUT2D eigenvalue weighted by atomic mass is 10.3. The molecule has 0 aromatic carbocycles. The number of nitrogen functional groups attached to an aromatic ring is 1. The molecule has 72 valence electrons. The van der Waals surface area contributed by atoms with E-state index in [0.29, 0.717) is 0 Å². The van der Waals surface area contributed by atoms with Gasteiger partial charge in [0.25, 0.3) is 5.91 Å². The van der Waals surface area contributed by atoms with Crippen molar-refractivity contribution < 1.29 is 14.5 Å². The molecule has 0 radical (unpaired) electrons. The summed E-state index contributed by atoms with van der Waals surface area (Å²) >= 11 is 0. The van der Waals surface area contributed by atoms with Gasteiger partial charge in [-0.05, 0) is 17.2 Å². The number of aliphatic hydroxyl groups excluding tert-OH is 1. The molecule has 0 aliphatic carbocycles. The molecule has 13 heavy (non-hydrogen) atoms. The number of anilines is 1. The number of nitrogens with zero attached hydrogens (tertiary/aromatic N) is 2. The zero-order valence-electron chi connectivity index (χ0n) is 7.02. The SMILES string of the molecule is CC(O)CNC(=O)c1nonc1N. The Kier molecular flexibility index (Phi) is 2.80. The van der Waals surface area contributed by atoms with Gasteiger partial charge >= 0.3 is 0 Å². The van der Waals surface area contributed by atoms with Crippen molar-refractivity contribution in [1.82, 2.24) is 15.6 Å². The lowest BCUT2D eigenvalue weighted by Crippen LogP contribution is -2.31. The lowest BCUT2D eigenvalue weighted by molar-refractivity contribution is 0.0915. The molecule has 0 fully saturated rings. The zero-order valence-corrected chi connectivity index (χ0v) is 7.02. The van der Waals surface area contributed by atoms with Gasteiger partial charge < -0.3 is 16.2 Å². The number of hydrogen-bond acceptors (Lipinski definition) is 6. The van der Waals surface area contributed by atoms with E-state index in [-0.39, 0.29) is 18.1 Å². The van der Waals surface area contributed by atoms with E-state index in [1.807, 2.05) is 0 Å². The minimum atomic E-state index is -0.620. The Morgan fingerprint density at radius 3 is 2.92 bits per heavy atom. The van der Waals surface area contributed by atoms with Crippen molar-refractivity contribution in [2.24, 2.45) is 0 Å². The first-order valence-corrected chi connectivity index (χ1v) is 3.65. The Hall–Kier alpha value is -1.63. The van der Waals surface area contributed by atoms with Crippen LogP contribution >= 0.6 is 0 Å². The fourth-order valence-electron chi connectivity index (χ4n) is 0.677. The van der Waals surface area contributed by atoms with Crippen LogP contribution in [0.3, 0.4) is 0 Å². The van der Waals surface area contributed by atoms with E-state index in [1.54, 1.807) is 6.92 Å². The number of hydrogen-bond donors (Lipinski definition) is 3. The third kappa shape index (κ3) is 2.41. The Balaban J connectivity index is 2.54. The number of nitrogens with two attached hydrogens (primary N) is 1. The quantitative estimate of drug-likeness (QED) is 0.544. The summed E-state index contributed by atoms with van der Waals surface area (Å²) in [6, 6.07) is 0. The maximum Gasteiger partial charge on any atom is 0.277 e. The number of aliphatic hydroxyl groups is 1. The summed E-state index contributed by atoms with van der Waals surface area (Å²) in [5, 5.41) is 17.8. The monoisotopic (exact) mass is 186 g/mol. The van der Waals surface area contributed by atoms with Crippen LogP contribution in [0.4, 0.5) is 5.82 Å². The normalized spacial score (nSPS) is 12.5. The van der Waals surface area contributed by atoms with Crippen LogP contribution in [0.2, 0.25) is 0 Å². The van der Waals surface area contributed by atoms with E-state index in [9.17, 15) is 4.79 Å². The summed E-state index contributed by atoms with van der Waals surface area (Å²) in [6.45, 7) is 1.68. The Labute approximate surface area is 73.9 Å². The molecule has 0 saturated heterocycles. The predicted molar refractivity (Wildman–Crippen MR) is 42.7 cm³/mol. The van der Waals surface area contributed by atoms with E-state index in [4.69, 9.17) is 10.8 Å². The smallest absolute Gasteiger partial charge is 0.277 e. The van der Waals surface area contributed by atoms with Gasteiger partial charge in [-0.3, -0.25) is 4.79 Å². The first kappa shape index (κ1) is 9.46. The maximum atomic E-state index is 11.2. The van der Waals surface area contributed by atoms with E-state index in [1.165, 1.54) is 0 Å². The molecule has 0 spiro atoms. The lowest BCUT2D eigenvalue weighted by Gasteiger charge is -2.04. The molecule has 0 aliphatic heterocycles. The average molecular weight is 186 g/mol. The van der Waals surface area contributed by atoms with Crippen molar-refractivity contribution in [3.63, 3.8) is 0 Å². The molecular formula is C6H10N4O3. The Morgan fingerprint density at radius 2 is 2.46 bits per heavy atom. The number of rotatable bonds is 3. The van der Waals surface area contributed by atoms with Crippen molar-refractivity contribution in [3.05, 3.63) is 5.69 Å². The van der Waals surface area contributed by atoms with Gasteiger partial charge in [0, 0.05) is 6.54 Å². The van der Waals surface area contributed by atoms with E-state index < -0.39 is 12.0 Å². The van der Waals surface area contributed by atoms with Crippen LogP contribution in [0.15, 0.2) is 4.63 Å². The van der Waals surface area contributed by atoms with Crippen LogP contribution in [0, 0.1) is 0 Å². The fourth-order valence-corrected chi connectivity index (χ4v) is 0.677. The number of aromatic nitrogens is 2. The van der Waals surface area contributed by atoms with E-state index in [0.717, 1.165) is 0 Å². The van der Waals surface area contributed by atoms with Crippen LogP contribution in [0.5, 0.6) is 0 Å². The van der Waals surface area contributed by atoms with Crippen LogP contribution in [0.1, 0.15) is 17.4 Å². The van der Waals surface area contributed by atoms with E-state index in [2.05, 4.69) is 20.3 Å². The Bertz CT molecular complexity index is 296. The minimum Gasteiger partial charge on any atom is -0.392 e. The summed E-state index contributed by atoms with van der Waals surface area (Å²) in [5.74, 6) is -0.581. The second-order valence-electron chi connectivity index (χ2n) is 2.56. The van der Waals surface area contributed by atoms with Crippen molar-refractivity contribution in [2.45, 2.75) is 13.0 Å². The van der Waals surface area contributed by atoms with Gasteiger partial charge in [0.2, 0.25) is 11.5 Å². The summed E-state index contributed by atoms with van der Waals surface area (Å²) in [7, 11) is 0. The Morgan fingerprint density at radius 1 is 1.77 bits per heavy atom. The third-order valence-electron chi connectivity index (χ3n) is 1.29. The molecule has 7 heteroatoms. The molecule has 0 saturated carbocycles. The standard InChI is InChI=1S/C6H10N4O3/c1-3(11)2-8-6(12)4-5(7)10-13-9-4/h3,11H,2H2,1H3,(H2,7,10)(H,8,12). The first-order valence-electron chi connectivity index (χ1n) is 3.65. The highest BCUT2D eigenvalue weighted by Gasteiger charge is 2.15. The van der Waals surface area contributed by atoms with Gasteiger partial charge in [-0.2, -0.15) is 0 Å². The van der Waals surface area contributed by atoms with Gasteiger partial charge in [-0.25, -0.2) is 4.63 Å². The predicted octanol–water partition coefficient (Wildman–Crippen LogP) is -1.24. The topological polar surface area (TPSA) is 114 Å². The molecule has 1 aromatic heterocycles. The minimum absolute atomic E-state index is 0.0666. The molecule has 1 unspecified atom stereocenters. The van der Waals surface area contributed by atoms with Crippen molar-refractivity contribution in [1.29, 1.82) is 0 Å². The molecule has 1 rings (SSSR count). The molecule has 1 heterocycles. The van der Waals surface area contributed by atoms with Gasteiger partial charge in [0.15, 0.2) is 0 Å².